The Morgan fingerprint density at radius 2 is 2.06 bits per heavy atom. The van der Waals surface area contributed by atoms with Crippen LogP contribution in [0.25, 0.3) is 0 Å². The highest BCUT2D eigenvalue weighted by Gasteiger charge is 2.23. The predicted octanol–water partition coefficient (Wildman–Crippen LogP) is 1.63. The van der Waals surface area contributed by atoms with Crippen molar-refractivity contribution in [3.63, 3.8) is 0 Å². The number of hydrogen-bond donors (Lipinski definition) is 2. The van der Waals surface area contributed by atoms with Gasteiger partial charge >= 0.3 is 0 Å². The maximum Gasteiger partial charge on any atom is 0.290 e. The van der Waals surface area contributed by atoms with Gasteiger partial charge in [-0.3, -0.25) is 4.79 Å². The molecule has 0 radical (unpaired) electrons. The van der Waals surface area contributed by atoms with E-state index in [1.165, 1.54) is 0 Å². The SMILES string of the molecule is CCNC1CCC(NC(=O)c2cc(C)no2)CC1. The Hall–Kier alpha value is -1.36. The molecule has 1 fully saturated rings. The molecular weight excluding hydrogens is 230 g/mol. The van der Waals surface area contributed by atoms with Gasteiger partial charge in [0.05, 0.1) is 5.69 Å². The highest BCUT2D eigenvalue weighted by Crippen LogP contribution is 2.19. The third-order valence-corrected chi connectivity index (χ3v) is 3.41. The third-order valence-electron chi connectivity index (χ3n) is 3.41. The lowest BCUT2D eigenvalue weighted by Gasteiger charge is -2.29. The number of carbonyl (C=O) groups excluding carboxylic acids is 1. The lowest BCUT2D eigenvalue weighted by Crippen LogP contribution is -2.42. The van der Waals surface area contributed by atoms with Crippen LogP contribution in [0.5, 0.6) is 0 Å². The quantitative estimate of drug-likeness (QED) is 0.853. The number of carbonyl (C=O) groups is 1. The molecule has 0 spiro atoms. The van der Waals surface area contributed by atoms with E-state index in [9.17, 15) is 4.79 Å². The van der Waals surface area contributed by atoms with Gasteiger partial charge in [-0.1, -0.05) is 12.1 Å². The van der Waals surface area contributed by atoms with E-state index in [0.29, 0.717) is 11.8 Å². The Balaban J connectivity index is 1.79. The van der Waals surface area contributed by atoms with Crippen LogP contribution in [-0.2, 0) is 0 Å². The summed E-state index contributed by atoms with van der Waals surface area (Å²) in [7, 11) is 0. The lowest BCUT2D eigenvalue weighted by atomic mass is 9.91. The molecule has 1 heterocycles. The fourth-order valence-corrected chi connectivity index (χ4v) is 2.46. The average molecular weight is 251 g/mol. The zero-order chi connectivity index (χ0) is 13.0. The summed E-state index contributed by atoms with van der Waals surface area (Å²) in [5.41, 5.74) is 0.732. The topological polar surface area (TPSA) is 67.2 Å². The average Bonchev–Trinajstić information content (AvgIpc) is 2.79. The summed E-state index contributed by atoms with van der Waals surface area (Å²) in [6.45, 7) is 4.95. The van der Waals surface area contributed by atoms with Gasteiger partial charge in [-0.05, 0) is 39.2 Å². The summed E-state index contributed by atoms with van der Waals surface area (Å²) in [6, 6.07) is 2.54. The minimum atomic E-state index is -0.150. The van der Waals surface area contributed by atoms with Crippen LogP contribution in [0.4, 0.5) is 0 Å². The maximum atomic E-state index is 11.9. The summed E-state index contributed by atoms with van der Waals surface area (Å²) in [5.74, 6) is 0.156. The molecule has 0 unspecified atom stereocenters. The summed E-state index contributed by atoms with van der Waals surface area (Å²) < 4.78 is 4.95. The van der Waals surface area contributed by atoms with Gasteiger partial charge in [0, 0.05) is 18.2 Å². The molecule has 1 aliphatic rings. The van der Waals surface area contributed by atoms with Crippen molar-refractivity contribution in [2.75, 3.05) is 6.54 Å². The normalized spacial score (nSPS) is 23.9. The monoisotopic (exact) mass is 251 g/mol. The Morgan fingerprint density at radius 1 is 1.39 bits per heavy atom. The van der Waals surface area contributed by atoms with E-state index >= 15 is 0 Å². The van der Waals surface area contributed by atoms with E-state index in [1.807, 2.05) is 6.92 Å². The van der Waals surface area contributed by atoms with Crippen LogP contribution < -0.4 is 10.6 Å². The van der Waals surface area contributed by atoms with Gasteiger partial charge < -0.3 is 15.2 Å². The number of aromatic nitrogens is 1. The zero-order valence-corrected chi connectivity index (χ0v) is 11.0. The van der Waals surface area contributed by atoms with Crippen molar-refractivity contribution in [3.8, 4) is 0 Å². The molecule has 5 nitrogen and oxygen atoms in total. The first kappa shape index (κ1) is 13.1. The van der Waals surface area contributed by atoms with Gasteiger partial charge in [0.2, 0.25) is 5.76 Å². The molecule has 1 amide bonds. The van der Waals surface area contributed by atoms with Crippen LogP contribution in [-0.4, -0.2) is 29.7 Å². The van der Waals surface area contributed by atoms with Crippen LogP contribution in [0.3, 0.4) is 0 Å². The minimum Gasteiger partial charge on any atom is -0.351 e. The zero-order valence-electron chi connectivity index (χ0n) is 11.0. The van der Waals surface area contributed by atoms with Gasteiger partial charge in [-0.15, -0.1) is 0 Å². The first-order valence-electron chi connectivity index (χ1n) is 6.66. The Bertz CT molecular complexity index is 395. The molecule has 1 aromatic heterocycles. The summed E-state index contributed by atoms with van der Waals surface area (Å²) in [6.07, 6.45) is 4.29. The molecule has 5 heteroatoms. The number of hydrogen-bond acceptors (Lipinski definition) is 4. The molecule has 100 valence electrons. The van der Waals surface area contributed by atoms with Gasteiger partial charge in [0.15, 0.2) is 0 Å². The van der Waals surface area contributed by atoms with Gasteiger partial charge in [0.25, 0.3) is 5.91 Å². The number of nitrogens with zero attached hydrogens (tertiary/aromatic N) is 1. The third kappa shape index (κ3) is 3.32. The van der Waals surface area contributed by atoms with E-state index in [-0.39, 0.29) is 11.9 Å². The summed E-state index contributed by atoms with van der Waals surface area (Å²) in [5, 5.41) is 10.2. The second-order valence-corrected chi connectivity index (χ2v) is 4.91. The van der Waals surface area contributed by atoms with Crippen molar-refractivity contribution in [3.05, 3.63) is 17.5 Å². The van der Waals surface area contributed by atoms with Crippen molar-refractivity contribution < 1.29 is 9.32 Å². The predicted molar refractivity (Wildman–Crippen MR) is 68.4 cm³/mol. The first-order valence-corrected chi connectivity index (χ1v) is 6.66. The highest BCUT2D eigenvalue weighted by atomic mass is 16.5. The Labute approximate surface area is 107 Å². The summed E-state index contributed by atoms with van der Waals surface area (Å²) in [4.78, 5) is 11.9. The first-order chi connectivity index (χ1) is 8.69. The Kier molecular flexibility index (Phi) is 4.36. The highest BCUT2D eigenvalue weighted by molar-refractivity contribution is 5.91. The number of amides is 1. The number of aryl methyl sites for hydroxylation is 1. The molecule has 0 aliphatic heterocycles. The van der Waals surface area contributed by atoms with Crippen molar-refractivity contribution in [2.24, 2.45) is 0 Å². The second-order valence-electron chi connectivity index (χ2n) is 4.91. The largest absolute Gasteiger partial charge is 0.351 e. The molecular formula is C13H21N3O2. The van der Waals surface area contributed by atoms with Crippen LogP contribution >= 0.6 is 0 Å². The van der Waals surface area contributed by atoms with E-state index in [1.54, 1.807) is 6.07 Å². The van der Waals surface area contributed by atoms with Gasteiger partial charge in [-0.2, -0.15) is 0 Å². The van der Waals surface area contributed by atoms with Crippen LogP contribution in [0.15, 0.2) is 10.6 Å². The van der Waals surface area contributed by atoms with Crippen molar-refractivity contribution in [1.82, 2.24) is 15.8 Å². The van der Waals surface area contributed by atoms with Crippen LogP contribution in [0.1, 0.15) is 48.9 Å². The number of nitrogens with one attached hydrogen (secondary N) is 2. The van der Waals surface area contributed by atoms with E-state index in [0.717, 1.165) is 37.9 Å². The molecule has 0 saturated heterocycles. The lowest BCUT2D eigenvalue weighted by molar-refractivity contribution is 0.0887. The molecule has 18 heavy (non-hydrogen) atoms. The summed E-state index contributed by atoms with van der Waals surface area (Å²) >= 11 is 0. The fraction of sp³-hybridized carbons (Fsp3) is 0.692. The molecule has 0 aromatic carbocycles. The smallest absolute Gasteiger partial charge is 0.290 e. The van der Waals surface area contributed by atoms with Crippen molar-refractivity contribution in [2.45, 2.75) is 51.6 Å². The molecule has 2 N–H and O–H groups in total. The van der Waals surface area contributed by atoms with Crippen LogP contribution in [0, 0.1) is 6.92 Å². The second kappa shape index (κ2) is 6.00. The van der Waals surface area contributed by atoms with Crippen molar-refractivity contribution in [1.29, 1.82) is 0 Å². The molecule has 0 bridgehead atoms. The Morgan fingerprint density at radius 3 is 2.61 bits per heavy atom. The molecule has 2 rings (SSSR count). The maximum absolute atomic E-state index is 11.9. The van der Waals surface area contributed by atoms with E-state index in [4.69, 9.17) is 4.52 Å². The van der Waals surface area contributed by atoms with E-state index < -0.39 is 0 Å². The van der Waals surface area contributed by atoms with Gasteiger partial charge in [0.1, 0.15) is 0 Å². The van der Waals surface area contributed by atoms with Crippen molar-refractivity contribution >= 4 is 5.91 Å². The fourth-order valence-electron chi connectivity index (χ4n) is 2.46. The molecule has 1 aliphatic carbocycles. The molecule has 1 aromatic rings. The van der Waals surface area contributed by atoms with Gasteiger partial charge in [-0.25, -0.2) is 0 Å². The van der Waals surface area contributed by atoms with Crippen LogP contribution in [0.2, 0.25) is 0 Å². The molecule has 1 saturated carbocycles. The van der Waals surface area contributed by atoms with E-state index in [2.05, 4.69) is 22.7 Å². The number of rotatable bonds is 4. The molecule has 0 atom stereocenters. The standard InChI is InChI=1S/C13H21N3O2/c1-3-14-10-4-6-11(7-5-10)15-13(17)12-8-9(2)16-18-12/h8,10-11,14H,3-7H2,1-2H3,(H,15,17). The minimum absolute atomic E-state index is 0.150.